The molecule has 0 atom stereocenters. The lowest BCUT2D eigenvalue weighted by atomic mass is 10.1. The van der Waals surface area contributed by atoms with Crippen molar-refractivity contribution in [2.75, 3.05) is 20.3 Å². The Bertz CT molecular complexity index is 192. The van der Waals surface area contributed by atoms with Crippen molar-refractivity contribution in [3.63, 3.8) is 0 Å². The van der Waals surface area contributed by atoms with Crippen LogP contribution in [0, 0.1) is 0 Å². The number of hydrogen-bond donors (Lipinski definition) is 0. The summed E-state index contributed by atoms with van der Waals surface area (Å²) < 4.78 is 9.69. The summed E-state index contributed by atoms with van der Waals surface area (Å²) in [6, 6.07) is 0. The van der Waals surface area contributed by atoms with Crippen molar-refractivity contribution in [3.05, 3.63) is 0 Å². The van der Waals surface area contributed by atoms with Crippen molar-refractivity contribution in [3.8, 4) is 0 Å². The maximum atomic E-state index is 10.8. The third-order valence-electron chi connectivity index (χ3n) is 3.34. The van der Waals surface area contributed by atoms with Crippen LogP contribution in [0.25, 0.3) is 0 Å². The summed E-state index contributed by atoms with van der Waals surface area (Å²) in [6.07, 6.45) is 14.6. The Labute approximate surface area is 119 Å². The highest BCUT2D eigenvalue weighted by Crippen LogP contribution is 2.11. The monoisotopic (exact) mass is 272 g/mol. The van der Waals surface area contributed by atoms with Crippen LogP contribution >= 0.6 is 0 Å². The van der Waals surface area contributed by atoms with Gasteiger partial charge in [-0.3, -0.25) is 0 Å². The molecule has 0 aliphatic rings. The summed E-state index contributed by atoms with van der Waals surface area (Å²) in [7, 11) is 1.38. The van der Waals surface area contributed by atoms with Gasteiger partial charge in [0, 0.05) is 6.61 Å². The molecule has 0 aromatic heterocycles. The number of carbonyl (C=O) groups excluding carboxylic acids is 1. The second kappa shape index (κ2) is 15.5. The molecular weight excluding hydrogens is 240 g/mol. The van der Waals surface area contributed by atoms with Crippen LogP contribution in [0.2, 0.25) is 0 Å². The van der Waals surface area contributed by atoms with E-state index in [0.717, 1.165) is 6.42 Å². The van der Waals surface area contributed by atoms with Gasteiger partial charge in [0.25, 0.3) is 0 Å². The lowest BCUT2D eigenvalue weighted by Gasteiger charge is -2.03. The zero-order valence-corrected chi connectivity index (χ0v) is 12.9. The molecule has 3 nitrogen and oxygen atoms in total. The molecule has 0 radical (unpaired) electrons. The van der Waals surface area contributed by atoms with E-state index in [1.54, 1.807) is 0 Å². The molecule has 0 aliphatic carbocycles. The molecule has 114 valence electrons. The van der Waals surface area contributed by atoms with Gasteiger partial charge in [-0.05, 0) is 6.42 Å². The number of hydrogen-bond acceptors (Lipinski definition) is 3. The van der Waals surface area contributed by atoms with Gasteiger partial charge in [-0.1, -0.05) is 71.1 Å². The van der Waals surface area contributed by atoms with Crippen molar-refractivity contribution in [1.82, 2.24) is 0 Å². The van der Waals surface area contributed by atoms with E-state index in [-0.39, 0.29) is 12.6 Å². The van der Waals surface area contributed by atoms with Crippen LogP contribution in [0.1, 0.15) is 77.6 Å². The molecule has 0 N–H and O–H groups in total. The summed E-state index contributed by atoms with van der Waals surface area (Å²) in [5.74, 6) is -0.289. The van der Waals surface area contributed by atoms with Gasteiger partial charge < -0.3 is 9.47 Å². The van der Waals surface area contributed by atoms with Crippen LogP contribution in [0.15, 0.2) is 0 Å². The van der Waals surface area contributed by atoms with E-state index in [1.165, 1.54) is 71.3 Å². The van der Waals surface area contributed by atoms with Gasteiger partial charge >= 0.3 is 5.97 Å². The van der Waals surface area contributed by atoms with Crippen molar-refractivity contribution in [1.29, 1.82) is 0 Å². The van der Waals surface area contributed by atoms with Crippen molar-refractivity contribution >= 4 is 5.97 Å². The highest BCUT2D eigenvalue weighted by Gasteiger charge is 1.98. The van der Waals surface area contributed by atoms with Crippen LogP contribution in [0.4, 0.5) is 0 Å². The zero-order valence-electron chi connectivity index (χ0n) is 12.9. The lowest BCUT2D eigenvalue weighted by Crippen LogP contribution is -2.10. The molecule has 0 aliphatic heterocycles. The minimum absolute atomic E-state index is 0.0915. The van der Waals surface area contributed by atoms with Crippen LogP contribution in [0.5, 0.6) is 0 Å². The Hall–Kier alpha value is -0.570. The van der Waals surface area contributed by atoms with Gasteiger partial charge in [-0.25, -0.2) is 4.79 Å². The van der Waals surface area contributed by atoms with Gasteiger partial charge in [0.15, 0.2) is 0 Å². The SMILES string of the molecule is CCCCCCCCCCCCCOCC(=O)OC. The second-order valence-corrected chi connectivity index (χ2v) is 5.16. The maximum absolute atomic E-state index is 10.8. The predicted molar refractivity (Wildman–Crippen MR) is 79.3 cm³/mol. The van der Waals surface area contributed by atoms with E-state index >= 15 is 0 Å². The van der Waals surface area contributed by atoms with E-state index in [0.29, 0.717) is 6.61 Å². The van der Waals surface area contributed by atoms with Gasteiger partial charge in [0.1, 0.15) is 6.61 Å². The van der Waals surface area contributed by atoms with E-state index < -0.39 is 0 Å². The largest absolute Gasteiger partial charge is 0.467 e. The van der Waals surface area contributed by atoms with E-state index in [9.17, 15) is 4.79 Å². The molecule has 0 bridgehead atoms. The lowest BCUT2D eigenvalue weighted by molar-refractivity contribution is -0.145. The molecule has 0 spiro atoms. The Morgan fingerprint density at radius 2 is 1.26 bits per heavy atom. The third-order valence-corrected chi connectivity index (χ3v) is 3.34. The minimum atomic E-state index is -0.289. The van der Waals surface area contributed by atoms with Gasteiger partial charge in [0.2, 0.25) is 0 Å². The second-order valence-electron chi connectivity index (χ2n) is 5.16. The quantitative estimate of drug-likeness (QED) is 0.345. The Morgan fingerprint density at radius 1 is 0.789 bits per heavy atom. The third kappa shape index (κ3) is 15.4. The highest BCUT2D eigenvalue weighted by atomic mass is 16.6. The number of unbranched alkanes of at least 4 members (excludes halogenated alkanes) is 10. The summed E-state index contributed by atoms with van der Waals surface area (Å²) in [4.78, 5) is 10.8. The maximum Gasteiger partial charge on any atom is 0.331 e. The number of ether oxygens (including phenoxy) is 2. The van der Waals surface area contributed by atoms with Crippen LogP contribution in [-0.4, -0.2) is 26.3 Å². The molecule has 0 rings (SSSR count). The van der Waals surface area contributed by atoms with Crippen molar-refractivity contribution in [2.45, 2.75) is 77.6 Å². The molecule has 0 saturated heterocycles. The van der Waals surface area contributed by atoms with Crippen molar-refractivity contribution < 1.29 is 14.3 Å². The number of esters is 1. The normalized spacial score (nSPS) is 10.6. The molecular formula is C16H32O3. The van der Waals surface area contributed by atoms with E-state index in [1.807, 2.05) is 0 Å². The van der Waals surface area contributed by atoms with Crippen LogP contribution in [0.3, 0.4) is 0 Å². The first-order valence-corrected chi connectivity index (χ1v) is 7.95. The van der Waals surface area contributed by atoms with E-state index in [4.69, 9.17) is 4.74 Å². The smallest absolute Gasteiger partial charge is 0.331 e. The predicted octanol–water partition coefficient (Wildman–Crippen LogP) is 4.49. The Balaban J connectivity index is 2.97. The fraction of sp³-hybridized carbons (Fsp3) is 0.938. The number of rotatable bonds is 14. The molecule has 3 heteroatoms. The Morgan fingerprint density at radius 3 is 1.74 bits per heavy atom. The summed E-state index contributed by atoms with van der Waals surface area (Å²) in [6.45, 7) is 3.02. The fourth-order valence-corrected chi connectivity index (χ4v) is 2.08. The zero-order chi connectivity index (χ0) is 14.2. The Kier molecular flexibility index (Phi) is 15.0. The van der Waals surface area contributed by atoms with Gasteiger partial charge in [-0.2, -0.15) is 0 Å². The molecule has 19 heavy (non-hydrogen) atoms. The van der Waals surface area contributed by atoms with Gasteiger partial charge in [0.05, 0.1) is 7.11 Å². The molecule has 0 amide bonds. The molecule has 0 aromatic rings. The van der Waals surface area contributed by atoms with E-state index in [2.05, 4.69) is 11.7 Å². The molecule has 0 saturated carbocycles. The minimum Gasteiger partial charge on any atom is -0.467 e. The first-order valence-electron chi connectivity index (χ1n) is 7.95. The average Bonchev–Trinajstić information content (AvgIpc) is 2.43. The average molecular weight is 272 g/mol. The standard InChI is InChI=1S/C16H32O3/c1-3-4-5-6-7-8-9-10-11-12-13-14-19-15-16(17)18-2/h3-15H2,1-2H3. The van der Waals surface area contributed by atoms with Crippen LogP contribution < -0.4 is 0 Å². The summed E-state index contributed by atoms with van der Waals surface area (Å²) in [5.41, 5.74) is 0. The summed E-state index contributed by atoms with van der Waals surface area (Å²) >= 11 is 0. The molecule has 0 heterocycles. The molecule has 0 fully saturated rings. The first kappa shape index (κ1) is 18.4. The van der Waals surface area contributed by atoms with Crippen LogP contribution in [-0.2, 0) is 14.3 Å². The number of methoxy groups -OCH3 is 1. The van der Waals surface area contributed by atoms with Crippen molar-refractivity contribution in [2.24, 2.45) is 0 Å². The van der Waals surface area contributed by atoms with Gasteiger partial charge in [-0.15, -0.1) is 0 Å². The first-order chi connectivity index (χ1) is 9.31. The molecule has 0 aromatic carbocycles. The molecule has 0 unspecified atom stereocenters. The number of carbonyl (C=O) groups is 1. The summed E-state index contributed by atoms with van der Waals surface area (Å²) in [5, 5.41) is 0. The highest BCUT2D eigenvalue weighted by molar-refractivity contribution is 5.70. The fourth-order valence-electron chi connectivity index (χ4n) is 2.08. The topological polar surface area (TPSA) is 35.5 Å².